The number of imidazole rings is 1. The van der Waals surface area contributed by atoms with Gasteiger partial charge in [-0.25, -0.2) is 9.37 Å². The lowest BCUT2D eigenvalue weighted by atomic mass is 10.2. The van der Waals surface area contributed by atoms with Gasteiger partial charge < -0.3 is 10.1 Å². The molecule has 2 aromatic heterocycles. The quantitative estimate of drug-likeness (QED) is 0.805. The molecule has 0 spiro atoms. The lowest BCUT2D eigenvalue weighted by Crippen LogP contribution is -2.23. The predicted molar refractivity (Wildman–Crippen MR) is 77.2 cm³/mol. The maximum Gasteiger partial charge on any atom is 0.255 e. The van der Waals surface area contributed by atoms with Gasteiger partial charge in [0, 0.05) is 17.8 Å². The summed E-state index contributed by atoms with van der Waals surface area (Å²) in [5.74, 6) is -0.550. The molecule has 3 aromatic rings. The molecule has 1 amide bonds. The normalized spacial score (nSPS) is 10.8. The molecule has 0 aliphatic rings. The van der Waals surface area contributed by atoms with Crippen LogP contribution in [0.5, 0.6) is 5.75 Å². The molecule has 7 heteroatoms. The second kappa shape index (κ2) is 5.53. The summed E-state index contributed by atoms with van der Waals surface area (Å²) in [6.07, 6.45) is 3.74. The number of hydrogen-bond donors (Lipinski definition) is 1. The van der Waals surface area contributed by atoms with Gasteiger partial charge >= 0.3 is 0 Å². The Balaban J connectivity index is 1.74. The van der Waals surface area contributed by atoms with E-state index in [2.05, 4.69) is 10.3 Å². The average molecular weight is 305 g/mol. The van der Waals surface area contributed by atoms with Gasteiger partial charge in [-0.15, -0.1) is 11.3 Å². The van der Waals surface area contributed by atoms with Gasteiger partial charge in [-0.1, -0.05) is 0 Å². The van der Waals surface area contributed by atoms with Crippen molar-refractivity contribution in [2.24, 2.45) is 0 Å². The molecule has 108 valence electrons. The first kappa shape index (κ1) is 13.6. The third kappa shape index (κ3) is 2.73. The molecule has 0 bridgehead atoms. The SMILES string of the molecule is COc1ccc(F)cc1C(=O)NCc1cn2ccsc2n1. The molecule has 21 heavy (non-hydrogen) atoms. The van der Waals surface area contributed by atoms with Crippen molar-refractivity contribution < 1.29 is 13.9 Å². The first-order chi connectivity index (χ1) is 10.2. The number of rotatable bonds is 4. The van der Waals surface area contributed by atoms with Gasteiger partial charge in [-0.2, -0.15) is 0 Å². The lowest BCUT2D eigenvalue weighted by Gasteiger charge is -2.08. The van der Waals surface area contributed by atoms with Crippen molar-refractivity contribution in [3.8, 4) is 5.75 Å². The molecule has 0 saturated heterocycles. The number of hydrogen-bond acceptors (Lipinski definition) is 4. The van der Waals surface area contributed by atoms with E-state index in [1.165, 1.54) is 30.6 Å². The Bertz CT molecular complexity index is 768. The van der Waals surface area contributed by atoms with Gasteiger partial charge in [0.15, 0.2) is 4.96 Å². The molecular weight excluding hydrogens is 293 g/mol. The maximum atomic E-state index is 13.3. The zero-order chi connectivity index (χ0) is 14.8. The van der Waals surface area contributed by atoms with Gasteiger partial charge in [-0.3, -0.25) is 9.20 Å². The molecule has 0 radical (unpaired) electrons. The Morgan fingerprint density at radius 2 is 2.38 bits per heavy atom. The number of carbonyl (C=O) groups excluding carboxylic acids is 1. The van der Waals surface area contributed by atoms with Crippen LogP contribution >= 0.6 is 11.3 Å². The number of nitrogens with zero attached hydrogens (tertiary/aromatic N) is 2. The summed E-state index contributed by atoms with van der Waals surface area (Å²) in [5.41, 5.74) is 0.907. The van der Waals surface area contributed by atoms with Crippen LogP contribution in [0.1, 0.15) is 16.1 Å². The van der Waals surface area contributed by atoms with Crippen LogP contribution in [-0.2, 0) is 6.54 Å². The number of amides is 1. The van der Waals surface area contributed by atoms with Crippen LogP contribution in [0.2, 0.25) is 0 Å². The van der Waals surface area contributed by atoms with E-state index in [9.17, 15) is 9.18 Å². The highest BCUT2D eigenvalue weighted by Gasteiger charge is 2.13. The summed E-state index contributed by atoms with van der Waals surface area (Å²) in [7, 11) is 1.44. The monoisotopic (exact) mass is 305 g/mol. The summed E-state index contributed by atoms with van der Waals surface area (Å²) in [6.45, 7) is 0.271. The van der Waals surface area contributed by atoms with Crippen molar-refractivity contribution in [1.82, 2.24) is 14.7 Å². The van der Waals surface area contributed by atoms with Crippen molar-refractivity contribution in [2.45, 2.75) is 6.54 Å². The minimum absolute atomic E-state index is 0.165. The van der Waals surface area contributed by atoms with E-state index < -0.39 is 11.7 Å². The zero-order valence-corrected chi connectivity index (χ0v) is 12.0. The number of ether oxygens (including phenoxy) is 1. The van der Waals surface area contributed by atoms with E-state index in [0.29, 0.717) is 5.75 Å². The number of benzene rings is 1. The minimum atomic E-state index is -0.483. The summed E-state index contributed by atoms with van der Waals surface area (Å²) in [6, 6.07) is 3.83. The van der Waals surface area contributed by atoms with E-state index in [1.54, 1.807) is 0 Å². The number of nitrogens with one attached hydrogen (secondary N) is 1. The number of aromatic nitrogens is 2. The van der Waals surface area contributed by atoms with E-state index in [0.717, 1.165) is 16.7 Å². The Kier molecular flexibility index (Phi) is 3.57. The largest absolute Gasteiger partial charge is 0.496 e. The van der Waals surface area contributed by atoms with Crippen LogP contribution in [-0.4, -0.2) is 22.4 Å². The smallest absolute Gasteiger partial charge is 0.255 e. The zero-order valence-electron chi connectivity index (χ0n) is 11.2. The topological polar surface area (TPSA) is 55.6 Å². The van der Waals surface area contributed by atoms with Crippen LogP contribution in [0.3, 0.4) is 0 Å². The van der Waals surface area contributed by atoms with Crippen molar-refractivity contribution in [1.29, 1.82) is 0 Å². The first-order valence-electron chi connectivity index (χ1n) is 6.20. The van der Waals surface area contributed by atoms with E-state index in [1.807, 2.05) is 22.2 Å². The van der Waals surface area contributed by atoms with Crippen molar-refractivity contribution in [2.75, 3.05) is 7.11 Å². The van der Waals surface area contributed by atoms with Crippen LogP contribution in [0.15, 0.2) is 36.0 Å². The number of halogens is 1. The predicted octanol–water partition coefficient (Wildman–Crippen LogP) is 2.47. The fourth-order valence-corrected chi connectivity index (χ4v) is 2.70. The molecular formula is C14H12FN3O2S. The summed E-state index contributed by atoms with van der Waals surface area (Å²) in [5, 5.41) is 4.64. The second-order valence-electron chi connectivity index (χ2n) is 4.35. The number of carbonyl (C=O) groups is 1. The summed E-state index contributed by atoms with van der Waals surface area (Å²) >= 11 is 1.52. The second-order valence-corrected chi connectivity index (χ2v) is 5.23. The van der Waals surface area contributed by atoms with E-state index >= 15 is 0 Å². The summed E-state index contributed by atoms with van der Waals surface area (Å²) < 4.78 is 20.2. The van der Waals surface area contributed by atoms with Gasteiger partial charge in [0.25, 0.3) is 5.91 Å². The average Bonchev–Trinajstić information content (AvgIpc) is 3.05. The van der Waals surface area contributed by atoms with Crippen LogP contribution < -0.4 is 10.1 Å². The van der Waals surface area contributed by atoms with Crippen LogP contribution in [0.25, 0.3) is 4.96 Å². The van der Waals surface area contributed by atoms with Crippen molar-refractivity contribution in [3.05, 3.63) is 53.0 Å². The Hall–Kier alpha value is -2.41. The lowest BCUT2D eigenvalue weighted by molar-refractivity contribution is 0.0947. The highest BCUT2D eigenvalue weighted by Crippen LogP contribution is 2.19. The molecule has 1 N–H and O–H groups in total. The van der Waals surface area contributed by atoms with Crippen molar-refractivity contribution in [3.63, 3.8) is 0 Å². The highest BCUT2D eigenvalue weighted by atomic mass is 32.1. The van der Waals surface area contributed by atoms with Gasteiger partial charge in [0.1, 0.15) is 11.6 Å². The number of fused-ring (bicyclic) bond motifs is 1. The van der Waals surface area contributed by atoms with Crippen LogP contribution in [0.4, 0.5) is 4.39 Å². The molecule has 5 nitrogen and oxygen atoms in total. The fraction of sp³-hybridized carbons (Fsp3) is 0.143. The Morgan fingerprint density at radius 1 is 1.52 bits per heavy atom. The minimum Gasteiger partial charge on any atom is -0.496 e. The molecule has 0 fully saturated rings. The molecule has 0 aliphatic heterocycles. The van der Waals surface area contributed by atoms with Gasteiger partial charge in [-0.05, 0) is 18.2 Å². The Morgan fingerprint density at radius 3 is 3.14 bits per heavy atom. The number of thiazole rings is 1. The first-order valence-corrected chi connectivity index (χ1v) is 7.08. The molecule has 0 atom stereocenters. The van der Waals surface area contributed by atoms with Crippen molar-refractivity contribution >= 4 is 22.2 Å². The maximum absolute atomic E-state index is 13.3. The molecule has 1 aromatic carbocycles. The molecule has 0 saturated carbocycles. The fourth-order valence-electron chi connectivity index (χ4n) is 1.98. The molecule has 3 rings (SSSR count). The van der Waals surface area contributed by atoms with E-state index in [4.69, 9.17) is 4.74 Å². The molecule has 0 aliphatic carbocycles. The third-order valence-electron chi connectivity index (χ3n) is 2.98. The van der Waals surface area contributed by atoms with Crippen LogP contribution in [0, 0.1) is 5.82 Å². The standard InChI is InChI=1S/C14H12FN3O2S/c1-20-12-3-2-9(15)6-11(12)13(19)16-7-10-8-18-4-5-21-14(18)17-10/h2-6,8H,7H2,1H3,(H,16,19). The van der Waals surface area contributed by atoms with E-state index in [-0.39, 0.29) is 12.1 Å². The summed E-state index contributed by atoms with van der Waals surface area (Å²) in [4.78, 5) is 17.3. The molecule has 2 heterocycles. The van der Waals surface area contributed by atoms with Gasteiger partial charge in [0.2, 0.25) is 0 Å². The highest BCUT2D eigenvalue weighted by molar-refractivity contribution is 7.15. The molecule has 0 unspecified atom stereocenters. The Labute approximate surface area is 124 Å². The third-order valence-corrected chi connectivity index (χ3v) is 3.75. The van der Waals surface area contributed by atoms with Gasteiger partial charge in [0.05, 0.1) is 24.9 Å². The number of methoxy groups -OCH3 is 1.